The van der Waals surface area contributed by atoms with Crippen molar-refractivity contribution in [1.82, 2.24) is 5.06 Å². The summed E-state index contributed by atoms with van der Waals surface area (Å²) in [5, 5.41) is 1.87. The molecule has 0 saturated carbocycles. The third kappa shape index (κ3) is 2.88. The minimum Gasteiger partial charge on any atom is -0.261 e. The largest absolute Gasteiger partial charge is 0.261 e. The molecule has 1 atom stereocenters. The van der Waals surface area contributed by atoms with Crippen LogP contribution in [0.15, 0.2) is 71.3 Å². The molecule has 0 unspecified atom stereocenters. The van der Waals surface area contributed by atoms with E-state index in [-0.39, 0.29) is 6.10 Å². The zero-order valence-electron chi connectivity index (χ0n) is 10.4. The highest BCUT2D eigenvalue weighted by molar-refractivity contribution is 9.10. The average molecular weight is 316 g/mol. The number of hydrogen-bond acceptors (Lipinski definition) is 2. The molecule has 0 amide bonds. The fourth-order valence-corrected chi connectivity index (χ4v) is 2.50. The maximum Gasteiger partial charge on any atom is 0.131 e. The lowest BCUT2D eigenvalue weighted by Crippen LogP contribution is -2.14. The molecule has 1 aliphatic heterocycles. The Hall–Kier alpha value is -1.58. The second-order valence-corrected chi connectivity index (χ2v) is 5.30. The van der Waals surface area contributed by atoms with Gasteiger partial charge in [-0.2, -0.15) is 0 Å². The van der Waals surface area contributed by atoms with Crippen LogP contribution in [0.25, 0.3) is 0 Å². The fourth-order valence-electron chi connectivity index (χ4n) is 2.09. The van der Waals surface area contributed by atoms with Crippen molar-refractivity contribution in [3.05, 3.63) is 82.5 Å². The molecular formula is C16H14BrNO. The Morgan fingerprint density at radius 1 is 1.00 bits per heavy atom. The van der Waals surface area contributed by atoms with Crippen LogP contribution in [0.1, 0.15) is 17.2 Å². The van der Waals surface area contributed by atoms with Crippen molar-refractivity contribution < 1.29 is 4.84 Å². The molecule has 3 heteroatoms. The van der Waals surface area contributed by atoms with Gasteiger partial charge >= 0.3 is 0 Å². The monoisotopic (exact) mass is 315 g/mol. The summed E-state index contributed by atoms with van der Waals surface area (Å²) in [5.74, 6) is 0. The van der Waals surface area contributed by atoms with Gasteiger partial charge in [-0.25, -0.2) is 0 Å². The van der Waals surface area contributed by atoms with Gasteiger partial charge in [-0.3, -0.25) is 9.90 Å². The minimum atomic E-state index is 0.0173. The molecule has 0 spiro atoms. The maximum atomic E-state index is 5.91. The molecule has 0 aliphatic carbocycles. The lowest BCUT2D eigenvalue weighted by molar-refractivity contribution is -0.138. The standard InChI is InChI=1S/C16H14BrNO/c17-15-9-5-4-8-14(15)12-18-11-10-16(19-18)13-6-2-1-3-7-13/h1-11,16H,12H2/t16-/m1/s1. The first kappa shape index (κ1) is 12.5. The zero-order valence-corrected chi connectivity index (χ0v) is 12.0. The Morgan fingerprint density at radius 3 is 2.53 bits per heavy atom. The summed E-state index contributed by atoms with van der Waals surface area (Å²) in [6.45, 7) is 0.737. The van der Waals surface area contributed by atoms with E-state index in [2.05, 4.69) is 40.2 Å². The highest BCUT2D eigenvalue weighted by atomic mass is 79.9. The molecule has 96 valence electrons. The third-order valence-corrected chi connectivity index (χ3v) is 3.86. The van der Waals surface area contributed by atoms with Gasteiger partial charge in [0.2, 0.25) is 0 Å². The Balaban J connectivity index is 1.68. The van der Waals surface area contributed by atoms with Gasteiger partial charge in [0, 0.05) is 10.7 Å². The molecule has 19 heavy (non-hydrogen) atoms. The second-order valence-electron chi connectivity index (χ2n) is 4.44. The SMILES string of the molecule is Brc1ccccc1CN1C=C[C@H](c2ccccc2)O1. The van der Waals surface area contributed by atoms with Crippen molar-refractivity contribution in [2.24, 2.45) is 0 Å². The highest BCUT2D eigenvalue weighted by Crippen LogP contribution is 2.28. The number of halogens is 1. The van der Waals surface area contributed by atoms with Crippen LogP contribution in [-0.4, -0.2) is 5.06 Å². The van der Waals surface area contributed by atoms with Crippen molar-refractivity contribution in [3.8, 4) is 0 Å². The first-order valence-corrected chi connectivity index (χ1v) is 7.02. The summed E-state index contributed by atoms with van der Waals surface area (Å²) in [6.07, 6.45) is 4.09. The van der Waals surface area contributed by atoms with Gasteiger partial charge in [0.1, 0.15) is 6.10 Å². The van der Waals surface area contributed by atoms with Crippen LogP contribution in [0.3, 0.4) is 0 Å². The lowest BCUT2D eigenvalue weighted by Gasteiger charge is -2.19. The van der Waals surface area contributed by atoms with E-state index in [1.807, 2.05) is 47.7 Å². The quantitative estimate of drug-likeness (QED) is 0.829. The number of nitrogens with zero attached hydrogens (tertiary/aromatic N) is 1. The summed E-state index contributed by atoms with van der Waals surface area (Å²) in [7, 11) is 0. The Labute approximate surface area is 121 Å². The van der Waals surface area contributed by atoms with Gasteiger partial charge in [0.15, 0.2) is 0 Å². The van der Waals surface area contributed by atoms with E-state index in [1.165, 1.54) is 11.1 Å². The molecule has 0 saturated heterocycles. The Kier molecular flexibility index (Phi) is 3.67. The van der Waals surface area contributed by atoms with Gasteiger partial charge in [-0.15, -0.1) is 0 Å². The molecule has 3 rings (SSSR count). The summed E-state index contributed by atoms with van der Waals surface area (Å²) in [6, 6.07) is 18.4. The van der Waals surface area contributed by atoms with E-state index in [9.17, 15) is 0 Å². The number of rotatable bonds is 3. The van der Waals surface area contributed by atoms with E-state index in [0.29, 0.717) is 0 Å². The highest BCUT2D eigenvalue weighted by Gasteiger charge is 2.18. The molecule has 0 aromatic heterocycles. The predicted molar refractivity (Wildman–Crippen MR) is 79.1 cm³/mol. The van der Waals surface area contributed by atoms with Gasteiger partial charge in [-0.05, 0) is 23.3 Å². The Bertz CT molecular complexity index is 582. The summed E-state index contributed by atoms with van der Waals surface area (Å²) in [5.41, 5.74) is 2.38. The zero-order chi connectivity index (χ0) is 13.1. The molecule has 0 bridgehead atoms. The van der Waals surface area contributed by atoms with Crippen molar-refractivity contribution in [3.63, 3.8) is 0 Å². The van der Waals surface area contributed by atoms with Crippen LogP contribution >= 0.6 is 15.9 Å². The smallest absolute Gasteiger partial charge is 0.131 e. The van der Waals surface area contributed by atoms with E-state index in [0.717, 1.165) is 11.0 Å². The van der Waals surface area contributed by atoms with E-state index in [4.69, 9.17) is 4.84 Å². The van der Waals surface area contributed by atoms with Crippen LogP contribution < -0.4 is 0 Å². The molecule has 0 radical (unpaired) electrons. The fraction of sp³-hybridized carbons (Fsp3) is 0.125. The summed E-state index contributed by atoms with van der Waals surface area (Å²) < 4.78 is 1.11. The molecule has 2 aromatic rings. The van der Waals surface area contributed by atoms with Gasteiger partial charge in [0.25, 0.3) is 0 Å². The normalized spacial score (nSPS) is 17.9. The number of benzene rings is 2. The van der Waals surface area contributed by atoms with E-state index >= 15 is 0 Å². The van der Waals surface area contributed by atoms with Crippen molar-refractivity contribution in [2.75, 3.05) is 0 Å². The first-order valence-electron chi connectivity index (χ1n) is 6.23. The van der Waals surface area contributed by atoms with E-state index in [1.54, 1.807) is 0 Å². The van der Waals surface area contributed by atoms with Crippen molar-refractivity contribution in [1.29, 1.82) is 0 Å². The van der Waals surface area contributed by atoms with Gasteiger partial charge in [0.05, 0.1) is 6.54 Å². The van der Waals surface area contributed by atoms with Crippen LogP contribution in [0.2, 0.25) is 0 Å². The maximum absolute atomic E-state index is 5.91. The first-order chi connectivity index (χ1) is 9.33. The number of hydrogen-bond donors (Lipinski definition) is 0. The summed E-state index contributed by atoms with van der Waals surface area (Å²) in [4.78, 5) is 5.91. The van der Waals surface area contributed by atoms with Gasteiger partial charge in [-0.1, -0.05) is 64.5 Å². The Morgan fingerprint density at radius 2 is 1.74 bits per heavy atom. The molecule has 0 N–H and O–H groups in total. The van der Waals surface area contributed by atoms with Crippen LogP contribution in [0.4, 0.5) is 0 Å². The predicted octanol–water partition coefficient (Wildman–Crippen LogP) is 4.45. The summed E-state index contributed by atoms with van der Waals surface area (Å²) >= 11 is 3.56. The minimum absolute atomic E-state index is 0.0173. The molecule has 2 aromatic carbocycles. The molecule has 2 nitrogen and oxygen atoms in total. The third-order valence-electron chi connectivity index (χ3n) is 3.09. The second kappa shape index (κ2) is 5.59. The topological polar surface area (TPSA) is 12.5 Å². The molecule has 1 aliphatic rings. The average Bonchev–Trinajstić information content (AvgIpc) is 2.91. The van der Waals surface area contributed by atoms with E-state index < -0.39 is 0 Å². The van der Waals surface area contributed by atoms with Crippen LogP contribution in [0.5, 0.6) is 0 Å². The lowest BCUT2D eigenvalue weighted by atomic mass is 10.1. The van der Waals surface area contributed by atoms with Crippen molar-refractivity contribution in [2.45, 2.75) is 12.6 Å². The molecule has 0 fully saturated rings. The van der Waals surface area contributed by atoms with Gasteiger partial charge < -0.3 is 0 Å². The molecule has 1 heterocycles. The molecular weight excluding hydrogens is 302 g/mol. The number of hydroxylamine groups is 2. The van der Waals surface area contributed by atoms with Crippen LogP contribution in [0, 0.1) is 0 Å². The van der Waals surface area contributed by atoms with Crippen LogP contribution in [-0.2, 0) is 11.4 Å². The van der Waals surface area contributed by atoms with Crippen molar-refractivity contribution >= 4 is 15.9 Å².